The van der Waals surface area contributed by atoms with E-state index in [0.717, 1.165) is 0 Å². The molecule has 0 amide bonds. The largest absolute Gasteiger partial charge is 0.203 e. The SMILES string of the molecule is CC.[B]/C(C=C)=C/C=C(\C)c1ccc(-c2cccs2)c(F)c1F. The smallest absolute Gasteiger partial charge is 0.168 e. The first-order valence-electron chi connectivity index (χ1n) is 7.33. The molecule has 0 atom stereocenters. The van der Waals surface area contributed by atoms with Crippen molar-refractivity contribution >= 4 is 24.8 Å². The lowest BCUT2D eigenvalue weighted by molar-refractivity contribution is 0.509. The molecule has 0 nitrogen and oxygen atoms in total. The molecule has 0 saturated carbocycles. The van der Waals surface area contributed by atoms with Crippen LogP contribution in [0.5, 0.6) is 0 Å². The van der Waals surface area contributed by atoms with Crippen LogP contribution in [0.15, 0.2) is 59.9 Å². The molecule has 0 spiro atoms. The van der Waals surface area contributed by atoms with Crippen LogP contribution in [0.25, 0.3) is 16.0 Å². The maximum absolute atomic E-state index is 14.2. The normalized spacial score (nSPS) is 11.7. The second-order valence-corrected chi connectivity index (χ2v) is 5.43. The third-order valence-electron chi connectivity index (χ3n) is 3.06. The van der Waals surface area contributed by atoms with Gasteiger partial charge in [0.2, 0.25) is 0 Å². The Balaban J connectivity index is 0.00000127. The first-order valence-corrected chi connectivity index (χ1v) is 8.21. The molecule has 4 heteroatoms. The van der Waals surface area contributed by atoms with Crippen LogP contribution in [-0.4, -0.2) is 7.85 Å². The fraction of sp³-hybridized carbons (Fsp3) is 0.158. The van der Waals surface area contributed by atoms with Crippen molar-refractivity contribution in [2.75, 3.05) is 0 Å². The molecule has 0 aliphatic heterocycles. The third kappa shape index (κ3) is 4.77. The predicted molar refractivity (Wildman–Crippen MR) is 98.7 cm³/mol. The van der Waals surface area contributed by atoms with Crippen LogP contribution in [0.2, 0.25) is 0 Å². The predicted octanol–water partition coefficient (Wildman–Crippen LogP) is 6.36. The highest BCUT2D eigenvalue weighted by Crippen LogP contribution is 2.31. The number of rotatable bonds is 4. The van der Waals surface area contributed by atoms with Gasteiger partial charge in [-0.25, -0.2) is 8.78 Å². The van der Waals surface area contributed by atoms with E-state index in [1.165, 1.54) is 17.4 Å². The van der Waals surface area contributed by atoms with Gasteiger partial charge >= 0.3 is 0 Å². The molecule has 0 fully saturated rings. The summed E-state index contributed by atoms with van der Waals surface area (Å²) >= 11 is 1.37. The van der Waals surface area contributed by atoms with E-state index in [2.05, 4.69) is 6.58 Å². The summed E-state index contributed by atoms with van der Waals surface area (Å²) in [5.41, 5.74) is 1.56. The molecular weight excluding hydrogens is 309 g/mol. The summed E-state index contributed by atoms with van der Waals surface area (Å²) in [6.07, 6.45) is 4.73. The van der Waals surface area contributed by atoms with Crippen LogP contribution in [0, 0.1) is 11.6 Å². The highest BCUT2D eigenvalue weighted by molar-refractivity contribution is 7.13. The molecule has 1 aromatic carbocycles. The molecule has 118 valence electrons. The number of halogens is 2. The Labute approximate surface area is 142 Å². The van der Waals surface area contributed by atoms with E-state index < -0.39 is 11.6 Å². The topological polar surface area (TPSA) is 0 Å². The van der Waals surface area contributed by atoms with Gasteiger partial charge in [0.1, 0.15) is 7.85 Å². The van der Waals surface area contributed by atoms with Gasteiger partial charge in [0, 0.05) is 16.0 Å². The fourth-order valence-corrected chi connectivity index (χ4v) is 2.60. The van der Waals surface area contributed by atoms with Crippen LogP contribution in [0.4, 0.5) is 8.78 Å². The molecule has 2 rings (SSSR count). The Hall–Kier alpha value is -1.94. The van der Waals surface area contributed by atoms with Gasteiger partial charge in [0.05, 0.1) is 0 Å². The molecule has 0 aliphatic carbocycles. The maximum Gasteiger partial charge on any atom is 0.168 e. The molecule has 2 radical (unpaired) electrons. The Bertz CT molecular complexity index is 713. The average molecular weight is 328 g/mol. The van der Waals surface area contributed by atoms with E-state index in [1.54, 1.807) is 43.3 Å². The van der Waals surface area contributed by atoms with Crippen molar-refractivity contribution in [2.45, 2.75) is 20.8 Å². The number of allylic oxidation sites excluding steroid dienone is 5. The summed E-state index contributed by atoms with van der Waals surface area (Å²) in [5, 5.41) is 1.83. The number of benzene rings is 1. The van der Waals surface area contributed by atoms with Crippen molar-refractivity contribution < 1.29 is 8.78 Å². The van der Waals surface area contributed by atoms with E-state index in [0.29, 0.717) is 15.9 Å². The Morgan fingerprint density at radius 3 is 2.39 bits per heavy atom. The van der Waals surface area contributed by atoms with Crippen molar-refractivity contribution in [1.29, 1.82) is 0 Å². The summed E-state index contributed by atoms with van der Waals surface area (Å²) in [7, 11) is 5.59. The molecule has 1 heterocycles. The summed E-state index contributed by atoms with van der Waals surface area (Å²) in [4.78, 5) is 0.704. The standard InChI is InChI=1S/C17H13BF2S.C2H6/c1-3-12(18)7-6-11(2)13-8-9-14(17(20)16(13)19)15-5-4-10-21-15;1-2/h3-10H,1H2,2H3;1-2H3/b11-6+,12-7+;. The first-order chi connectivity index (χ1) is 11.0. The van der Waals surface area contributed by atoms with Gasteiger partial charge in [0.15, 0.2) is 11.6 Å². The minimum absolute atomic E-state index is 0.223. The van der Waals surface area contributed by atoms with Crippen molar-refractivity contribution in [3.05, 3.63) is 77.1 Å². The van der Waals surface area contributed by atoms with Crippen molar-refractivity contribution in [3.63, 3.8) is 0 Å². The number of hydrogen-bond acceptors (Lipinski definition) is 1. The van der Waals surface area contributed by atoms with E-state index in [1.807, 2.05) is 19.2 Å². The minimum atomic E-state index is -0.847. The van der Waals surface area contributed by atoms with Crippen LogP contribution in [0.3, 0.4) is 0 Å². The molecule has 1 aromatic heterocycles. The van der Waals surface area contributed by atoms with Gasteiger partial charge < -0.3 is 0 Å². The zero-order chi connectivity index (χ0) is 17.4. The van der Waals surface area contributed by atoms with Crippen LogP contribution in [-0.2, 0) is 0 Å². The van der Waals surface area contributed by atoms with Gasteiger partial charge in [-0.1, -0.05) is 56.3 Å². The second kappa shape index (κ2) is 9.26. The monoisotopic (exact) mass is 328 g/mol. The Morgan fingerprint density at radius 2 is 1.83 bits per heavy atom. The summed E-state index contributed by atoms with van der Waals surface area (Å²) < 4.78 is 28.4. The second-order valence-electron chi connectivity index (χ2n) is 4.49. The summed E-state index contributed by atoms with van der Waals surface area (Å²) in [5.74, 6) is -1.68. The van der Waals surface area contributed by atoms with Gasteiger partial charge in [-0.05, 0) is 30.0 Å². The first kappa shape index (κ1) is 19.1. The Kier molecular flexibility index (Phi) is 7.69. The summed E-state index contributed by atoms with van der Waals surface area (Å²) in [6.45, 7) is 9.23. The quantitative estimate of drug-likeness (QED) is 0.452. The molecule has 0 saturated heterocycles. The lowest BCUT2D eigenvalue weighted by atomic mass is 9.94. The van der Waals surface area contributed by atoms with Gasteiger partial charge in [-0.2, -0.15) is 0 Å². The highest BCUT2D eigenvalue weighted by Gasteiger charge is 2.15. The summed E-state index contributed by atoms with van der Waals surface area (Å²) in [6, 6.07) is 6.74. The van der Waals surface area contributed by atoms with Crippen LogP contribution in [0.1, 0.15) is 26.3 Å². The molecule has 0 aliphatic rings. The van der Waals surface area contributed by atoms with E-state index in [-0.39, 0.29) is 11.1 Å². The van der Waals surface area contributed by atoms with E-state index in [9.17, 15) is 8.78 Å². The highest BCUT2D eigenvalue weighted by atomic mass is 32.1. The van der Waals surface area contributed by atoms with Crippen molar-refractivity contribution in [1.82, 2.24) is 0 Å². The van der Waals surface area contributed by atoms with E-state index in [4.69, 9.17) is 7.85 Å². The van der Waals surface area contributed by atoms with Gasteiger partial charge in [-0.3, -0.25) is 0 Å². The molecule has 2 aromatic rings. The van der Waals surface area contributed by atoms with Crippen LogP contribution >= 0.6 is 11.3 Å². The Morgan fingerprint density at radius 1 is 1.13 bits per heavy atom. The molecule has 0 N–H and O–H groups in total. The lowest BCUT2D eigenvalue weighted by Crippen LogP contribution is -1.94. The number of hydrogen-bond donors (Lipinski definition) is 0. The van der Waals surface area contributed by atoms with E-state index >= 15 is 0 Å². The van der Waals surface area contributed by atoms with Gasteiger partial charge in [-0.15, -0.1) is 11.3 Å². The molecule has 23 heavy (non-hydrogen) atoms. The molecule has 0 bridgehead atoms. The number of thiophene rings is 1. The molecule has 0 unspecified atom stereocenters. The molecular formula is C19H19BF2S. The maximum atomic E-state index is 14.2. The van der Waals surface area contributed by atoms with Gasteiger partial charge in [0.25, 0.3) is 0 Å². The van der Waals surface area contributed by atoms with Crippen LogP contribution < -0.4 is 0 Å². The average Bonchev–Trinajstić information content (AvgIpc) is 3.10. The fourth-order valence-electron chi connectivity index (χ4n) is 1.86. The third-order valence-corrected chi connectivity index (χ3v) is 3.96. The van der Waals surface area contributed by atoms with Crippen molar-refractivity contribution in [3.8, 4) is 10.4 Å². The zero-order valence-corrected chi connectivity index (χ0v) is 14.4. The lowest BCUT2D eigenvalue weighted by Gasteiger charge is -2.07. The van der Waals surface area contributed by atoms with Crippen molar-refractivity contribution in [2.24, 2.45) is 0 Å². The zero-order valence-electron chi connectivity index (χ0n) is 13.6. The minimum Gasteiger partial charge on any atom is -0.203 e.